The Labute approximate surface area is 228 Å². The number of fused-ring (bicyclic) bond motifs is 4. The summed E-state index contributed by atoms with van der Waals surface area (Å²) in [6.07, 6.45) is 0. The van der Waals surface area contributed by atoms with Crippen LogP contribution in [0.2, 0.25) is 58.9 Å². The molecule has 207 valence electrons. The topological polar surface area (TPSA) is 138 Å². The zero-order valence-electron chi connectivity index (χ0n) is 21.8. The molecule has 7 heterocycles. The fourth-order valence-corrected chi connectivity index (χ4v) is 64.3. The Morgan fingerprint density at radius 1 is 0.486 bits per heavy atom. The third-order valence-electron chi connectivity index (χ3n) is 6.13. The summed E-state index contributed by atoms with van der Waals surface area (Å²) in [4.78, 5) is 0. The van der Waals surface area contributed by atoms with E-state index in [1.54, 1.807) is 13.1 Å². The van der Waals surface area contributed by atoms with Crippen LogP contribution in [0.4, 0.5) is 0 Å². The van der Waals surface area contributed by atoms with Gasteiger partial charge in [-0.3, -0.25) is 0 Å². The van der Waals surface area contributed by atoms with E-state index in [-0.39, 0.29) is 0 Å². The first-order valence-corrected chi connectivity index (χ1v) is 34.6. The highest BCUT2D eigenvalue weighted by Gasteiger charge is 2.97. The predicted molar refractivity (Wildman–Crippen MR) is 140 cm³/mol. The van der Waals surface area contributed by atoms with Gasteiger partial charge in [-0.2, -0.15) is 0 Å². The highest BCUT2D eigenvalue weighted by molar-refractivity contribution is 7.12. The minimum atomic E-state index is -4.11. The van der Waals surface area contributed by atoms with Crippen molar-refractivity contribution in [2.75, 3.05) is 0 Å². The molecule has 26 heteroatoms. The van der Waals surface area contributed by atoms with Crippen molar-refractivity contribution >= 4 is 97.8 Å². The van der Waals surface area contributed by atoms with E-state index in [0.717, 1.165) is 0 Å². The second-order valence-electron chi connectivity index (χ2n) is 10.6. The van der Waals surface area contributed by atoms with E-state index in [1.807, 2.05) is 45.8 Å². The van der Waals surface area contributed by atoms with Gasteiger partial charge in [-0.1, -0.05) is 0 Å². The molecule has 7 aliphatic heterocycles. The molecule has 7 aliphatic rings. The maximum atomic E-state index is 7.07. The summed E-state index contributed by atoms with van der Waals surface area (Å²) in [6.45, 7) is 17.2. The summed E-state index contributed by atoms with van der Waals surface area (Å²) in [5.41, 5.74) is 0. The van der Waals surface area contributed by atoms with Crippen molar-refractivity contribution in [2.45, 2.75) is 69.6 Å². The van der Waals surface area contributed by atoms with Gasteiger partial charge in [0.05, 0.1) is 0 Å². The molecule has 0 amide bonds. The minimum Gasteiger partial charge on any atom is -0.415 e. The molecule has 8 bridgehead atoms. The Hall–Kier alpha value is 1.79. The van der Waals surface area contributed by atoms with Crippen LogP contribution in [0.3, 0.4) is 0 Å². The van der Waals surface area contributed by atoms with E-state index in [1.165, 1.54) is 0 Å². The summed E-state index contributed by atoms with van der Waals surface area (Å²) in [6, 6.07) is 0. The quantitative estimate of drug-likeness (QED) is 0.339. The van der Waals surface area contributed by atoms with Gasteiger partial charge < -0.3 is 62.3 Å². The van der Waals surface area contributed by atoms with E-state index < -0.39 is 109 Å². The van der Waals surface area contributed by atoms with Gasteiger partial charge in [0.25, 0.3) is 0 Å². The van der Waals surface area contributed by atoms with Crippen molar-refractivity contribution in [2.24, 2.45) is 0 Å². The van der Waals surface area contributed by atoms with E-state index in [9.17, 15) is 0 Å². The van der Waals surface area contributed by atoms with Crippen LogP contribution in [-0.4, -0.2) is 109 Å². The van der Waals surface area contributed by atoms with Gasteiger partial charge in [-0.05, 0) is 45.8 Å². The summed E-state index contributed by atoms with van der Waals surface area (Å²) in [7, 11) is -34.7. The van der Waals surface area contributed by atoms with Gasteiger partial charge >= 0.3 is 70.7 Å². The van der Waals surface area contributed by atoms with Crippen LogP contribution < -0.4 is 0 Å². The first-order chi connectivity index (χ1) is 17.0. The fraction of sp³-hybridized carbons (Fsp3) is 1.00. The highest BCUT2D eigenvalue weighted by atomic mass is 28.6. The van der Waals surface area contributed by atoms with Crippen molar-refractivity contribution in [1.29, 1.82) is 0 Å². The summed E-state index contributed by atoms with van der Waals surface area (Å²) in [5.74, 6) is 0. The molecule has 0 saturated carbocycles. The standard InChI is InChI=1S/C11H29O15Si11/c1-27(2)14-33-11-13-36(15-28(3)4)22-32(9)17-30(7)10-12-31(8,19-34(10,20-32)23-33)21-37(24-33,16-29(5)6)26-35(11,18-30)25-36/h10-11H,1-9H3/t10?,11?,30?,31?,32-,33+,34?,35?,36?,37?/m1/s1. The molecule has 0 N–H and O–H groups in total. The molecule has 8 unspecified atom stereocenters. The summed E-state index contributed by atoms with van der Waals surface area (Å²) < 4.78 is 101. The molecule has 15 nitrogen and oxygen atoms in total. The molecule has 7 saturated heterocycles. The van der Waals surface area contributed by atoms with Gasteiger partial charge in [0.15, 0.2) is 37.8 Å². The van der Waals surface area contributed by atoms with Gasteiger partial charge in [0.1, 0.15) is 0 Å². The third-order valence-corrected chi connectivity index (χ3v) is 49.2. The van der Waals surface area contributed by atoms with Crippen LogP contribution >= 0.6 is 0 Å². The number of hydrogen-bond acceptors (Lipinski definition) is 15. The number of rotatable bonds is 6. The molecular formula is C11H29O15Si11. The van der Waals surface area contributed by atoms with Crippen molar-refractivity contribution in [1.82, 2.24) is 0 Å². The van der Waals surface area contributed by atoms with Gasteiger partial charge in [-0.25, -0.2) is 0 Å². The lowest BCUT2D eigenvalue weighted by molar-refractivity contribution is 0.00460. The van der Waals surface area contributed by atoms with Crippen LogP contribution in [0, 0.1) is 0 Å². The van der Waals surface area contributed by atoms with E-state index in [2.05, 4.69) is 0 Å². The molecular weight excluding hydrogens is 681 g/mol. The first kappa shape index (κ1) is 27.6. The van der Waals surface area contributed by atoms with Crippen LogP contribution in [0.1, 0.15) is 0 Å². The van der Waals surface area contributed by atoms with Crippen LogP contribution in [0.25, 0.3) is 0 Å². The van der Waals surface area contributed by atoms with Crippen molar-refractivity contribution in [3.8, 4) is 0 Å². The van der Waals surface area contributed by atoms with E-state index in [4.69, 9.17) is 62.3 Å². The zero-order chi connectivity index (χ0) is 26.5. The average molecular weight is 710 g/mol. The Kier molecular flexibility index (Phi) is 5.99. The van der Waals surface area contributed by atoms with E-state index in [0.29, 0.717) is 0 Å². The molecule has 2 spiro atoms. The monoisotopic (exact) mass is 709 g/mol. The first-order valence-electron chi connectivity index (χ1n) is 11.8. The number of hydrogen-bond donors (Lipinski definition) is 0. The molecule has 0 aliphatic carbocycles. The molecule has 7 fully saturated rings. The van der Waals surface area contributed by atoms with Gasteiger partial charge in [-0.15, -0.1) is 0 Å². The molecule has 37 heavy (non-hydrogen) atoms. The Balaban J connectivity index is 1.53. The highest BCUT2D eigenvalue weighted by Crippen LogP contribution is 2.59. The molecule has 7 rings (SSSR count). The van der Waals surface area contributed by atoms with Gasteiger partial charge in [0.2, 0.25) is 0 Å². The van der Waals surface area contributed by atoms with Crippen molar-refractivity contribution in [3.63, 3.8) is 0 Å². The lowest BCUT2D eigenvalue weighted by atomic mass is 11.6. The second-order valence-corrected chi connectivity index (χ2v) is 41.5. The minimum absolute atomic E-state index is 0.773. The van der Waals surface area contributed by atoms with Crippen LogP contribution in [-0.2, 0) is 62.3 Å². The smallest absolute Gasteiger partial charge is 0.415 e. The maximum absolute atomic E-state index is 7.07. The van der Waals surface area contributed by atoms with Crippen molar-refractivity contribution < 1.29 is 62.3 Å². The Morgan fingerprint density at radius 2 is 1.05 bits per heavy atom. The SMILES string of the molecule is C[Si](C)O[Si]12OC3[Si]4(O1)O[Si]1(O[Si](C)C)O[Si]5(C)OC6[Si](C)(O4)O[Si@@](C)(O2)O[Si]6(O5)O[Si@]3(O[Si](C)C)O1. The molecule has 0 aromatic rings. The molecule has 0 aromatic heterocycles. The second kappa shape index (κ2) is 8.03. The average Bonchev–Trinajstić information content (AvgIpc) is 3.10. The zero-order valence-corrected chi connectivity index (χ0v) is 32.8. The largest absolute Gasteiger partial charge is 0.654 e. The van der Waals surface area contributed by atoms with Crippen LogP contribution in [0.15, 0.2) is 0 Å². The van der Waals surface area contributed by atoms with E-state index >= 15 is 0 Å². The molecule has 0 aromatic carbocycles. The summed E-state index contributed by atoms with van der Waals surface area (Å²) >= 11 is 0. The maximum Gasteiger partial charge on any atom is 0.654 e. The van der Waals surface area contributed by atoms with Crippen molar-refractivity contribution in [3.05, 3.63) is 0 Å². The normalized spacial score (nSPS) is 59.0. The lowest BCUT2D eigenvalue weighted by Crippen LogP contribution is -2.91. The third kappa shape index (κ3) is 3.94. The Morgan fingerprint density at radius 3 is 1.73 bits per heavy atom. The molecule has 3 radical (unpaired) electrons. The fourth-order valence-electron chi connectivity index (χ4n) is 5.53. The van der Waals surface area contributed by atoms with Gasteiger partial charge in [0, 0.05) is 13.1 Å². The molecule has 10 atom stereocenters. The summed E-state index contributed by atoms with van der Waals surface area (Å²) in [5, 5.41) is -1.76. The van der Waals surface area contributed by atoms with Crippen LogP contribution in [0.5, 0.6) is 0 Å². The lowest BCUT2D eigenvalue weighted by Gasteiger charge is -2.59. The Bertz CT molecular complexity index is 1030. The predicted octanol–water partition coefficient (Wildman–Crippen LogP) is -0.125.